The fraction of sp³-hybridized carbons (Fsp3) is 0.733. The zero-order valence-corrected chi connectivity index (χ0v) is 11.4. The van der Waals surface area contributed by atoms with Crippen molar-refractivity contribution in [1.29, 1.82) is 0 Å². The average molecular weight is 265 g/mol. The lowest BCUT2D eigenvalue weighted by atomic mass is 9.79. The highest BCUT2D eigenvalue weighted by Gasteiger charge is 2.38. The Kier molecular flexibility index (Phi) is 4.61. The van der Waals surface area contributed by atoms with Crippen LogP contribution in [-0.2, 0) is 9.59 Å². The molecule has 0 aromatic rings. The summed E-state index contributed by atoms with van der Waals surface area (Å²) in [6.45, 7) is 0. The van der Waals surface area contributed by atoms with Crippen LogP contribution in [0, 0.1) is 5.41 Å². The molecule has 1 unspecified atom stereocenters. The van der Waals surface area contributed by atoms with Crippen molar-refractivity contribution in [3.63, 3.8) is 0 Å². The minimum absolute atomic E-state index is 0.0310. The summed E-state index contributed by atoms with van der Waals surface area (Å²) in [6.07, 6.45) is 11.5. The van der Waals surface area contributed by atoms with Crippen LogP contribution in [-0.4, -0.2) is 23.0 Å². The number of hydrogen-bond acceptors (Lipinski definition) is 2. The van der Waals surface area contributed by atoms with Crippen molar-refractivity contribution in [2.75, 3.05) is 0 Å². The van der Waals surface area contributed by atoms with Gasteiger partial charge in [0.15, 0.2) is 0 Å². The second-order valence-electron chi connectivity index (χ2n) is 6.00. The molecule has 106 valence electrons. The van der Waals surface area contributed by atoms with Gasteiger partial charge in [0.1, 0.15) is 0 Å². The summed E-state index contributed by atoms with van der Waals surface area (Å²) in [5.41, 5.74) is -0.291. The summed E-state index contributed by atoms with van der Waals surface area (Å²) in [5, 5.41) is 12.1. The van der Waals surface area contributed by atoms with E-state index in [0.717, 1.165) is 44.9 Å². The number of rotatable bonds is 5. The molecule has 4 nitrogen and oxygen atoms in total. The van der Waals surface area contributed by atoms with Crippen LogP contribution in [0.1, 0.15) is 57.8 Å². The third-order valence-electron chi connectivity index (χ3n) is 4.36. The molecule has 0 radical (unpaired) electrons. The largest absolute Gasteiger partial charge is 0.481 e. The molecule has 0 spiro atoms. The first-order valence-electron chi connectivity index (χ1n) is 7.26. The first-order chi connectivity index (χ1) is 9.10. The van der Waals surface area contributed by atoms with E-state index < -0.39 is 5.97 Å². The van der Waals surface area contributed by atoms with Gasteiger partial charge in [0.2, 0.25) is 5.91 Å². The van der Waals surface area contributed by atoms with Crippen LogP contribution in [0.15, 0.2) is 12.2 Å². The van der Waals surface area contributed by atoms with Gasteiger partial charge in [-0.1, -0.05) is 25.0 Å². The summed E-state index contributed by atoms with van der Waals surface area (Å²) < 4.78 is 0. The number of carboxylic acid groups (broad SMARTS) is 1. The molecule has 4 heteroatoms. The Balaban J connectivity index is 1.88. The summed E-state index contributed by atoms with van der Waals surface area (Å²) >= 11 is 0. The highest BCUT2D eigenvalue weighted by molar-refractivity contribution is 5.78. The van der Waals surface area contributed by atoms with Gasteiger partial charge in [0.25, 0.3) is 0 Å². The van der Waals surface area contributed by atoms with Crippen LogP contribution < -0.4 is 5.32 Å². The molecule has 1 atom stereocenters. The molecule has 1 saturated carbocycles. The minimum Gasteiger partial charge on any atom is -0.481 e. The van der Waals surface area contributed by atoms with Gasteiger partial charge in [-0.05, 0) is 37.5 Å². The predicted octanol–water partition coefficient (Wildman–Crippen LogP) is 2.64. The first-order valence-corrected chi connectivity index (χ1v) is 7.26. The molecule has 19 heavy (non-hydrogen) atoms. The zero-order chi connectivity index (χ0) is 13.7. The van der Waals surface area contributed by atoms with Gasteiger partial charge in [-0.25, -0.2) is 0 Å². The van der Waals surface area contributed by atoms with Crippen LogP contribution in [0.3, 0.4) is 0 Å². The Labute approximate surface area is 114 Å². The van der Waals surface area contributed by atoms with E-state index in [0.29, 0.717) is 6.42 Å². The summed E-state index contributed by atoms with van der Waals surface area (Å²) in [6, 6.07) is 0.237. The second-order valence-corrected chi connectivity index (χ2v) is 6.00. The number of carbonyl (C=O) groups is 2. The lowest BCUT2D eigenvalue weighted by Crippen LogP contribution is -2.38. The number of amides is 1. The normalized spacial score (nSPS) is 25.2. The maximum atomic E-state index is 12.1. The number of aliphatic carboxylic acids is 1. The number of carboxylic acids is 1. The molecule has 0 aromatic carbocycles. The monoisotopic (exact) mass is 265 g/mol. The van der Waals surface area contributed by atoms with Crippen molar-refractivity contribution < 1.29 is 14.7 Å². The fourth-order valence-electron chi connectivity index (χ4n) is 3.41. The summed E-state index contributed by atoms with van der Waals surface area (Å²) in [5.74, 6) is -0.751. The van der Waals surface area contributed by atoms with Crippen molar-refractivity contribution in [2.45, 2.75) is 63.8 Å². The van der Waals surface area contributed by atoms with E-state index in [9.17, 15) is 9.59 Å². The fourth-order valence-corrected chi connectivity index (χ4v) is 3.41. The average Bonchev–Trinajstić information content (AvgIpc) is 2.77. The smallest absolute Gasteiger partial charge is 0.303 e. The van der Waals surface area contributed by atoms with E-state index in [-0.39, 0.29) is 23.8 Å². The number of carbonyl (C=O) groups excluding carboxylic acids is 1. The van der Waals surface area contributed by atoms with Gasteiger partial charge in [-0.3, -0.25) is 9.59 Å². The van der Waals surface area contributed by atoms with Crippen LogP contribution in [0.2, 0.25) is 0 Å². The van der Waals surface area contributed by atoms with E-state index in [1.54, 1.807) is 0 Å². The molecule has 0 bridgehead atoms. The first kappa shape index (κ1) is 14.1. The van der Waals surface area contributed by atoms with Gasteiger partial charge in [0.05, 0.1) is 6.42 Å². The van der Waals surface area contributed by atoms with E-state index >= 15 is 0 Å². The third kappa shape index (κ3) is 4.08. The molecular formula is C15H23NO3. The van der Waals surface area contributed by atoms with E-state index in [4.69, 9.17) is 5.11 Å². The van der Waals surface area contributed by atoms with Gasteiger partial charge in [0, 0.05) is 12.5 Å². The van der Waals surface area contributed by atoms with E-state index in [1.165, 1.54) is 0 Å². The lowest BCUT2D eigenvalue weighted by Gasteiger charge is -2.28. The van der Waals surface area contributed by atoms with Crippen molar-refractivity contribution in [1.82, 2.24) is 5.32 Å². The Hall–Kier alpha value is -1.32. The Morgan fingerprint density at radius 3 is 2.53 bits per heavy atom. The Morgan fingerprint density at radius 2 is 1.95 bits per heavy atom. The maximum absolute atomic E-state index is 12.1. The number of allylic oxidation sites excluding steroid dienone is 1. The lowest BCUT2D eigenvalue weighted by molar-refractivity contribution is -0.140. The molecule has 2 aliphatic rings. The Morgan fingerprint density at radius 1 is 1.21 bits per heavy atom. The molecule has 1 amide bonds. The number of hydrogen-bond donors (Lipinski definition) is 2. The van der Waals surface area contributed by atoms with Gasteiger partial charge in [-0.15, -0.1) is 0 Å². The molecular weight excluding hydrogens is 242 g/mol. The molecule has 1 fully saturated rings. The third-order valence-corrected chi connectivity index (χ3v) is 4.36. The maximum Gasteiger partial charge on any atom is 0.303 e. The SMILES string of the molecule is O=C(O)CC1(CC(=O)NC2CC=CCC2)CCCC1. The molecule has 0 aromatic heterocycles. The summed E-state index contributed by atoms with van der Waals surface area (Å²) in [7, 11) is 0. The topological polar surface area (TPSA) is 66.4 Å². The summed E-state index contributed by atoms with van der Waals surface area (Å²) in [4.78, 5) is 23.1. The predicted molar refractivity (Wildman–Crippen MR) is 72.7 cm³/mol. The number of nitrogens with one attached hydrogen (secondary N) is 1. The molecule has 2 rings (SSSR count). The molecule has 2 N–H and O–H groups in total. The molecule has 0 heterocycles. The molecule has 0 saturated heterocycles. The van der Waals surface area contributed by atoms with Crippen LogP contribution in [0.4, 0.5) is 0 Å². The second kappa shape index (κ2) is 6.22. The minimum atomic E-state index is -0.782. The van der Waals surface area contributed by atoms with Crippen molar-refractivity contribution in [3.8, 4) is 0 Å². The Bertz CT molecular complexity index is 370. The zero-order valence-electron chi connectivity index (χ0n) is 11.4. The van der Waals surface area contributed by atoms with Gasteiger partial charge >= 0.3 is 5.97 Å². The van der Waals surface area contributed by atoms with Crippen LogP contribution in [0.25, 0.3) is 0 Å². The molecule has 0 aliphatic heterocycles. The van der Waals surface area contributed by atoms with E-state index in [2.05, 4.69) is 17.5 Å². The highest BCUT2D eigenvalue weighted by Crippen LogP contribution is 2.44. The van der Waals surface area contributed by atoms with Crippen LogP contribution >= 0.6 is 0 Å². The molecule has 2 aliphatic carbocycles. The van der Waals surface area contributed by atoms with Crippen molar-refractivity contribution in [3.05, 3.63) is 12.2 Å². The van der Waals surface area contributed by atoms with Crippen LogP contribution in [0.5, 0.6) is 0 Å². The highest BCUT2D eigenvalue weighted by atomic mass is 16.4. The van der Waals surface area contributed by atoms with Crippen molar-refractivity contribution in [2.24, 2.45) is 5.41 Å². The van der Waals surface area contributed by atoms with Gasteiger partial charge < -0.3 is 10.4 Å². The van der Waals surface area contributed by atoms with E-state index in [1.807, 2.05) is 0 Å². The standard InChI is InChI=1S/C15H23NO3/c17-13(16-12-6-2-1-3-7-12)10-15(11-14(18)19)8-4-5-9-15/h1-2,12H,3-11H2,(H,16,17)(H,18,19). The van der Waals surface area contributed by atoms with Gasteiger partial charge in [-0.2, -0.15) is 0 Å². The van der Waals surface area contributed by atoms with Crippen molar-refractivity contribution >= 4 is 11.9 Å². The quantitative estimate of drug-likeness (QED) is 0.751.